The quantitative estimate of drug-likeness (QED) is 0.317. The molecule has 0 saturated heterocycles. The van der Waals surface area contributed by atoms with Gasteiger partial charge in [-0.15, -0.1) is 0 Å². The highest BCUT2D eigenvalue weighted by Crippen LogP contribution is 2.35. The van der Waals surface area contributed by atoms with Gasteiger partial charge < -0.3 is 29.2 Å². The Morgan fingerprint density at radius 2 is 1.15 bits per heavy atom. The third kappa shape index (κ3) is 5.38. The topological polar surface area (TPSA) is 170 Å². The molecule has 2 N–H and O–H groups in total. The lowest BCUT2D eigenvalue weighted by Gasteiger charge is -2.12. The molecule has 13 heteroatoms. The lowest BCUT2D eigenvalue weighted by atomic mass is 10.0. The van der Waals surface area contributed by atoms with E-state index in [1.807, 2.05) is 39.8 Å². The zero-order chi connectivity index (χ0) is 30.0. The van der Waals surface area contributed by atoms with Crippen molar-refractivity contribution < 1.29 is 28.3 Å². The second kappa shape index (κ2) is 11.6. The first kappa shape index (κ1) is 28.9. The number of hydrogen-bond donors (Lipinski definition) is 1. The van der Waals surface area contributed by atoms with Crippen LogP contribution in [0.5, 0.6) is 23.5 Å². The molecule has 0 atom stereocenters. The Morgan fingerprint density at radius 1 is 0.683 bits per heavy atom. The number of methoxy groups -OCH3 is 4. The summed E-state index contributed by atoms with van der Waals surface area (Å²) in [6.45, 7) is 9.48. The lowest BCUT2D eigenvalue weighted by Crippen LogP contribution is -2.15. The molecule has 5 rings (SSSR count). The van der Waals surface area contributed by atoms with Crippen molar-refractivity contribution in [3.63, 3.8) is 0 Å². The zero-order valence-corrected chi connectivity index (χ0v) is 24.4. The Labute approximate surface area is 236 Å². The van der Waals surface area contributed by atoms with Crippen molar-refractivity contribution in [3.05, 3.63) is 45.8 Å². The van der Waals surface area contributed by atoms with Crippen molar-refractivity contribution in [1.82, 2.24) is 30.1 Å². The second-order valence-electron chi connectivity index (χ2n) is 9.12. The Bertz CT molecular complexity index is 1780. The predicted octanol–water partition coefficient (Wildman–Crippen LogP) is 3.99. The van der Waals surface area contributed by atoms with Crippen molar-refractivity contribution in [2.24, 2.45) is 5.73 Å². The third-order valence-corrected chi connectivity index (χ3v) is 6.60. The molecule has 0 fully saturated rings. The first-order valence-corrected chi connectivity index (χ1v) is 12.4. The van der Waals surface area contributed by atoms with Crippen LogP contribution in [0.15, 0.2) is 16.7 Å². The minimum atomic E-state index is -0.535. The van der Waals surface area contributed by atoms with Crippen molar-refractivity contribution in [3.8, 4) is 35.0 Å². The van der Waals surface area contributed by atoms with E-state index in [2.05, 4.69) is 30.1 Å². The Hall–Kier alpha value is -5.07. The van der Waals surface area contributed by atoms with Crippen LogP contribution in [0.4, 0.5) is 0 Å². The monoisotopic (exact) mass is 561 g/mol. The molecule has 3 aromatic heterocycles. The fraction of sp³-hybridized carbons (Fsp3) is 0.321. The molecule has 2 aromatic carbocycles. The summed E-state index contributed by atoms with van der Waals surface area (Å²) in [5.74, 6) is 1.60. The maximum absolute atomic E-state index is 11.6. The molecule has 41 heavy (non-hydrogen) atoms. The highest BCUT2D eigenvalue weighted by Gasteiger charge is 2.21. The predicted molar refractivity (Wildman–Crippen MR) is 151 cm³/mol. The van der Waals surface area contributed by atoms with Crippen LogP contribution in [0, 0.1) is 34.6 Å². The van der Waals surface area contributed by atoms with Gasteiger partial charge in [0.2, 0.25) is 0 Å². The van der Waals surface area contributed by atoms with E-state index in [0.717, 1.165) is 27.8 Å². The molecule has 0 saturated carbocycles. The molecule has 0 aliphatic heterocycles. The Balaban J connectivity index is 0.000000191. The van der Waals surface area contributed by atoms with Gasteiger partial charge in [0.25, 0.3) is 35.3 Å². The van der Waals surface area contributed by atoms with Gasteiger partial charge in [0.1, 0.15) is 11.0 Å². The summed E-state index contributed by atoms with van der Waals surface area (Å²) in [6.07, 6.45) is 0. The summed E-state index contributed by atoms with van der Waals surface area (Å²) in [5, 5.41) is 3.86. The highest BCUT2D eigenvalue weighted by molar-refractivity contribution is 6.06. The van der Waals surface area contributed by atoms with Gasteiger partial charge in [0, 0.05) is 0 Å². The molecule has 13 nitrogen and oxygen atoms in total. The first-order valence-electron chi connectivity index (χ1n) is 12.4. The van der Waals surface area contributed by atoms with Gasteiger partial charge in [-0.2, -0.15) is 4.98 Å². The van der Waals surface area contributed by atoms with Gasteiger partial charge in [-0.1, -0.05) is 5.16 Å². The number of fused-ring (bicyclic) bond motifs is 2. The van der Waals surface area contributed by atoms with Crippen LogP contribution in [0.1, 0.15) is 38.4 Å². The highest BCUT2D eigenvalue weighted by atomic mass is 16.5. The standard InChI is InChI=1S/C15H16N4O3.C13H15N3O3/c1-7-6-10-12(18-15(21-5)14(17-10)20-4)11(8(7)2)13-16-9(3)19-22-13;1-6-5-8-10(9(7(6)2)11(14)17)16-13(19-4)12(15-8)18-3/h6H,1-5H3;5H,1-4H3,(H2,14,17). The Morgan fingerprint density at radius 3 is 1.61 bits per heavy atom. The van der Waals surface area contributed by atoms with Gasteiger partial charge in [0.15, 0.2) is 5.82 Å². The molecule has 0 unspecified atom stereocenters. The molecular weight excluding hydrogens is 530 g/mol. The van der Waals surface area contributed by atoms with Gasteiger partial charge in [0.05, 0.1) is 50.6 Å². The molecule has 214 valence electrons. The maximum Gasteiger partial charge on any atom is 0.278 e. The molecule has 5 aromatic rings. The zero-order valence-electron chi connectivity index (χ0n) is 24.4. The number of primary amides is 1. The molecule has 0 spiro atoms. The van der Waals surface area contributed by atoms with Gasteiger partial charge in [-0.05, 0) is 69.0 Å². The summed E-state index contributed by atoms with van der Waals surface area (Å²) in [6, 6.07) is 3.79. The average Bonchev–Trinajstić information content (AvgIpc) is 3.38. The number of benzene rings is 2. The number of nitrogens with two attached hydrogens (primary N) is 1. The van der Waals surface area contributed by atoms with Gasteiger partial charge in [-0.3, -0.25) is 4.79 Å². The number of aryl methyl sites for hydroxylation is 3. The van der Waals surface area contributed by atoms with Crippen molar-refractivity contribution in [2.45, 2.75) is 34.6 Å². The summed E-state index contributed by atoms with van der Waals surface area (Å²) in [5.41, 5.74) is 12.6. The molecule has 1 amide bonds. The smallest absolute Gasteiger partial charge is 0.278 e. The van der Waals surface area contributed by atoms with Crippen LogP contribution < -0.4 is 24.7 Å². The van der Waals surface area contributed by atoms with Crippen LogP contribution in [0.25, 0.3) is 33.5 Å². The number of carbonyl (C=O) groups excluding carboxylic acids is 1. The van der Waals surface area contributed by atoms with E-state index in [4.69, 9.17) is 29.2 Å². The van der Waals surface area contributed by atoms with Crippen LogP contribution >= 0.6 is 0 Å². The molecule has 0 aliphatic carbocycles. The maximum atomic E-state index is 11.6. The summed E-state index contributed by atoms with van der Waals surface area (Å²) >= 11 is 0. The summed E-state index contributed by atoms with van der Waals surface area (Å²) in [7, 11) is 6.00. The van der Waals surface area contributed by atoms with E-state index >= 15 is 0 Å². The molecule has 3 heterocycles. The summed E-state index contributed by atoms with van der Waals surface area (Å²) in [4.78, 5) is 33.5. The minimum Gasteiger partial charge on any atom is -0.477 e. The number of amides is 1. The third-order valence-electron chi connectivity index (χ3n) is 6.60. The number of carbonyl (C=O) groups is 1. The average molecular weight is 562 g/mol. The molecule has 0 bridgehead atoms. The van der Waals surface area contributed by atoms with E-state index in [1.54, 1.807) is 6.92 Å². The van der Waals surface area contributed by atoms with Gasteiger partial charge in [-0.25, -0.2) is 19.9 Å². The number of nitrogens with zero attached hydrogens (tertiary/aromatic N) is 6. The minimum absolute atomic E-state index is 0.223. The van der Waals surface area contributed by atoms with E-state index in [1.165, 1.54) is 28.4 Å². The van der Waals surface area contributed by atoms with E-state index in [0.29, 0.717) is 51.1 Å². The van der Waals surface area contributed by atoms with E-state index in [-0.39, 0.29) is 11.8 Å². The van der Waals surface area contributed by atoms with Crippen molar-refractivity contribution in [1.29, 1.82) is 0 Å². The van der Waals surface area contributed by atoms with Crippen molar-refractivity contribution >= 4 is 28.0 Å². The largest absolute Gasteiger partial charge is 0.477 e. The SMILES string of the molecule is COc1nc2cc(C)c(C)c(-c3nc(C)no3)c2nc1OC.COc1nc2cc(C)c(C)c(C(N)=O)c2nc1OC. The number of aromatic nitrogens is 6. The van der Waals surface area contributed by atoms with Crippen LogP contribution in [0.2, 0.25) is 0 Å². The second-order valence-corrected chi connectivity index (χ2v) is 9.12. The molecular formula is C28H31N7O6. The Kier molecular flexibility index (Phi) is 8.17. The first-order chi connectivity index (χ1) is 19.5. The van der Waals surface area contributed by atoms with Crippen molar-refractivity contribution in [2.75, 3.05) is 28.4 Å². The fourth-order valence-corrected chi connectivity index (χ4v) is 4.27. The van der Waals surface area contributed by atoms with Crippen LogP contribution in [0.3, 0.4) is 0 Å². The molecule has 0 radical (unpaired) electrons. The summed E-state index contributed by atoms with van der Waals surface area (Å²) < 4.78 is 26.0. The van der Waals surface area contributed by atoms with E-state index in [9.17, 15) is 4.79 Å². The van der Waals surface area contributed by atoms with Gasteiger partial charge >= 0.3 is 0 Å². The number of ether oxygens (including phenoxy) is 4. The van der Waals surface area contributed by atoms with Crippen LogP contribution in [-0.4, -0.2) is 64.4 Å². The van der Waals surface area contributed by atoms with E-state index < -0.39 is 5.91 Å². The molecule has 0 aliphatic rings. The fourth-order valence-electron chi connectivity index (χ4n) is 4.27. The number of hydrogen-bond acceptors (Lipinski definition) is 12. The normalized spacial score (nSPS) is 10.8. The lowest BCUT2D eigenvalue weighted by molar-refractivity contribution is 0.100. The van der Waals surface area contributed by atoms with Crippen LogP contribution in [-0.2, 0) is 0 Å². The number of rotatable bonds is 6.